The molecule has 2 amide bonds. The Balaban J connectivity index is 1.72. The van der Waals surface area contributed by atoms with E-state index in [0.717, 1.165) is 6.42 Å². The monoisotopic (exact) mass is 260 g/mol. The van der Waals surface area contributed by atoms with Crippen LogP contribution in [0.2, 0.25) is 0 Å². The summed E-state index contributed by atoms with van der Waals surface area (Å²) in [5.74, 6) is 0.181. The molecule has 0 aromatic heterocycles. The Kier molecular flexibility index (Phi) is 4.55. The van der Waals surface area contributed by atoms with Gasteiger partial charge in [-0.2, -0.15) is 0 Å². The summed E-state index contributed by atoms with van der Waals surface area (Å²) in [6.07, 6.45) is 1.23. The summed E-state index contributed by atoms with van der Waals surface area (Å²) >= 11 is 0. The van der Waals surface area contributed by atoms with Gasteiger partial charge >= 0.3 is 0 Å². The van der Waals surface area contributed by atoms with Gasteiger partial charge in [0, 0.05) is 19.5 Å². The Morgan fingerprint density at radius 3 is 2.79 bits per heavy atom. The second kappa shape index (κ2) is 6.36. The fraction of sp³-hybridized carbons (Fsp3) is 0.467. The predicted molar refractivity (Wildman–Crippen MR) is 73.6 cm³/mol. The number of hydrogen-bond donors (Lipinski definition) is 2. The van der Waals surface area contributed by atoms with Gasteiger partial charge < -0.3 is 10.6 Å². The minimum Gasteiger partial charge on any atom is -0.356 e. The Morgan fingerprint density at radius 2 is 2.16 bits per heavy atom. The maximum Gasteiger partial charge on any atom is 0.225 e. The van der Waals surface area contributed by atoms with Gasteiger partial charge in [-0.05, 0) is 17.9 Å². The van der Waals surface area contributed by atoms with E-state index < -0.39 is 0 Å². The molecule has 1 fully saturated rings. The summed E-state index contributed by atoms with van der Waals surface area (Å²) in [6.45, 7) is 3.28. The number of carbonyl (C=O) groups is 2. The van der Waals surface area contributed by atoms with Gasteiger partial charge in [0.25, 0.3) is 0 Å². The van der Waals surface area contributed by atoms with Crippen molar-refractivity contribution in [1.29, 1.82) is 0 Å². The molecule has 19 heavy (non-hydrogen) atoms. The molecule has 1 aromatic carbocycles. The van der Waals surface area contributed by atoms with E-state index in [1.54, 1.807) is 0 Å². The molecule has 2 N–H and O–H groups in total. The second-order valence-corrected chi connectivity index (χ2v) is 5.10. The highest BCUT2D eigenvalue weighted by molar-refractivity contribution is 5.89. The molecule has 0 bridgehead atoms. The third-order valence-corrected chi connectivity index (χ3v) is 3.59. The van der Waals surface area contributed by atoms with Gasteiger partial charge in [-0.1, -0.05) is 37.3 Å². The summed E-state index contributed by atoms with van der Waals surface area (Å²) in [6, 6.07) is 10.3. The van der Waals surface area contributed by atoms with Crippen LogP contribution in [0.15, 0.2) is 30.3 Å². The van der Waals surface area contributed by atoms with Gasteiger partial charge in [0.2, 0.25) is 11.8 Å². The van der Waals surface area contributed by atoms with Crippen LogP contribution in [0.25, 0.3) is 0 Å². The molecule has 4 heteroatoms. The highest BCUT2D eigenvalue weighted by atomic mass is 16.2. The lowest BCUT2D eigenvalue weighted by Crippen LogP contribution is -2.33. The standard InChI is InChI=1S/C15H20N2O2/c1-11(12-5-3-2-4-6-12)7-8-16-15(19)13-9-14(18)17-10-13/h2-6,11,13H,7-10H2,1H3,(H,16,19)(H,17,18). The first kappa shape index (κ1) is 13.6. The first-order chi connectivity index (χ1) is 9.16. The highest BCUT2D eigenvalue weighted by Gasteiger charge is 2.27. The van der Waals surface area contributed by atoms with Crippen LogP contribution < -0.4 is 10.6 Å². The zero-order chi connectivity index (χ0) is 13.7. The molecular formula is C15H20N2O2. The van der Waals surface area contributed by atoms with E-state index in [4.69, 9.17) is 0 Å². The number of nitrogens with one attached hydrogen (secondary N) is 2. The van der Waals surface area contributed by atoms with Gasteiger partial charge in [-0.15, -0.1) is 0 Å². The average Bonchev–Trinajstić information content (AvgIpc) is 2.86. The first-order valence-electron chi connectivity index (χ1n) is 6.76. The first-order valence-corrected chi connectivity index (χ1v) is 6.76. The van der Waals surface area contributed by atoms with E-state index in [9.17, 15) is 9.59 Å². The molecule has 2 atom stereocenters. The molecule has 4 nitrogen and oxygen atoms in total. The number of hydrogen-bond acceptors (Lipinski definition) is 2. The van der Waals surface area contributed by atoms with Crippen molar-refractivity contribution in [3.05, 3.63) is 35.9 Å². The number of carbonyl (C=O) groups excluding carboxylic acids is 2. The minimum atomic E-state index is -0.195. The number of rotatable bonds is 5. The Hall–Kier alpha value is -1.84. The lowest BCUT2D eigenvalue weighted by atomic mass is 9.98. The highest BCUT2D eigenvalue weighted by Crippen LogP contribution is 2.17. The fourth-order valence-corrected chi connectivity index (χ4v) is 2.30. The molecule has 2 unspecified atom stereocenters. The van der Waals surface area contributed by atoms with Crippen LogP contribution >= 0.6 is 0 Å². The van der Waals surface area contributed by atoms with E-state index in [2.05, 4.69) is 29.7 Å². The van der Waals surface area contributed by atoms with Crippen LogP contribution in [0.5, 0.6) is 0 Å². The van der Waals surface area contributed by atoms with Crippen molar-refractivity contribution in [3.8, 4) is 0 Å². The quantitative estimate of drug-likeness (QED) is 0.841. The smallest absolute Gasteiger partial charge is 0.225 e. The average molecular weight is 260 g/mol. The zero-order valence-electron chi connectivity index (χ0n) is 11.2. The molecule has 0 aliphatic carbocycles. The Bertz CT molecular complexity index is 445. The topological polar surface area (TPSA) is 58.2 Å². The molecule has 1 aromatic rings. The zero-order valence-corrected chi connectivity index (χ0v) is 11.2. The van der Waals surface area contributed by atoms with Crippen LogP contribution in [0.3, 0.4) is 0 Å². The lowest BCUT2D eigenvalue weighted by molar-refractivity contribution is -0.126. The third-order valence-electron chi connectivity index (χ3n) is 3.59. The van der Waals surface area contributed by atoms with Crippen LogP contribution in [-0.2, 0) is 9.59 Å². The fourth-order valence-electron chi connectivity index (χ4n) is 2.30. The second-order valence-electron chi connectivity index (χ2n) is 5.10. The maximum absolute atomic E-state index is 11.8. The van der Waals surface area contributed by atoms with Crippen molar-refractivity contribution in [2.24, 2.45) is 5.92 Å². The summed E-state index contributed by atoms with van der Waals surface area (Å²) < 4.78 is 0. The van der Waals surface area contributed by atoms with E-state index >= 15 is 0 Å². The molecular weight excluding hydrogens is 240 g/mol. The van der Waals surface area contributed by atoms with Crippen LogP contribution in [0, 0.1) is 5.92 Å². The summed E-state index contributed by atoms with van der Waals surface area (Å²) in [4.78, 5) is 22.8. The van der Waals surface area contributed by atoms with Crippen molar-refractivity contribution >= 4 is 11.8 Å². The predicted octanol–water partition coefficient (Wildman–Crippen LogP) is 1.43. The van der Waals surface area contributed by atoms with Crippen molar-refractivity contribution in [2.45, 2.75) is 25.7 Å². The SMILES string of the molecule is CC(CCNC(=O)C1CNC(=O)C1)c1ccccc1. The molecule has 1 saturated heterocycles. The van der Waals surface area contributed by atoms with Crippen molar-refractivity contribution in [3.63, 3.8) is 0 Å². The van der Waals surface area contributed by atoms with E-state index in [1.165, 1.54) is 5.56 Å². The van der Waals surface area contributed by atoms with Crippen LogP contribution in [0.1, 0.15) is 31.2 Å². The Morgan fingerprint density at radius 1 is 1.42 bits per heavy atom. The van der Waals surface area contributed by atoms with Crippen LogP contribution in [-0.4, -0.2) is 24.9 Å². The molecule has 2 rings (SSSR count). The molecule has 1 heterocycles. The van der Waals surface area contributed by atoms with Gasteiger partial charge in [-0.3, -0.25) is 9.59 Å². The largest absolute Gasteiger partial charge is 0.356 e. The van der Waals surface area contributed by atoms with Crippen molar-refractivity contribution < 1.29 is 9.59 Å². The van der Waals surface area contributed by atoms with Gasteiger partial charge in [0.1, 0.15) is 0 Å². The lowest BCUT2D eigenvalue weighted by Gasteiger charge is -2.13. The van der Waals surface area contributed by atoms with Crippen LogP contribution in [0.4, 0.5) is 0 Å². The molecule has 102 valence electrons. The van der Waals surface area contributed by atoms with E-state index in [1.807, 2.05) is 18.2 Å². The maximum atomic E-state index is 11.8. The molecule has 1 aliphatic heterocycles. The summed E-state index contributed by atoms with van der Waals surface area (Å²) in [5, 5.41) is 5.59. The number of amides is 2. The molecule has 0 saturated carbocycles. The van der Waals surface area contributed by atoms with Gasteiger partial charge in [0.15, 0.2) is 0 Å². The van der Waals surface area contributed by atoms with Crippen molar-refractivity contribution in [1.82, 2.24) is 10.6 Å². The molecule has 0 spiro atoms. The van der Waals surface area contributed by atoms with Gasteiger partial charge in [0.05, 0.1) is 5.92 Å². The summed E-state index contributed by atoms with van der Waals surface area (Å²) in [7, 11) is 0. The third kappa shape index (κ3) is 3.81. The van der Waals surface area contributed by atoms with Crippen molar-refractivity contribution in [2.75, 3.05) is 13.1 Å². The number of benzene rings is 1. The molecule has 0 radical (unpaired) electrons. The Labute approximate surface area is 113 Å². The minimum absolute atomic E-state index is 0.0152. The van der Waals surface area contributed by atoms with E-state index in [-0.39, 0.29) is 17.7 Å². The normalized spacial score (nSPS) is 19.8. The summed E-state index contributed by atoms with van der Waals surface area (Å²) in [5.41, 5.74) is 1.29. The van der Waals surface area contributed by atoms with E-state index in [0.29, 0.717) is 25.4 Å². The molecule has 1 aliphatic rings. The van der Waals surface area contributed by atoms with Gasteiger partial charge in [-0.25, -0.2) is 0 Å².